The first-order valence-corrected chi connectivity index (χ1v) is 9.73. The summed E-state index contributed by atoms with van der Waals surface area (Å²) in [6, 6.07) is 23.4. The molecule has 0 atom stereocenters. The number of anilines is 1. The van der Waals surface area contributed by atoms with E-state index in [4.69, 9.17) is 5.10 Å². The van der Waals surface area contributed by atoms with Gasteiger partial charge in [0.2, 0.25) is 0 Å². The molecule has 2 aromatic heterocycles. The Morgan fingerprint density at radius 2 is 1.67 bits per heavy atom. The molecule has 0 spiro atoms. The van der Waals surface area contributed by atoms with E-state index in [1.165, 1.54) is 0 Å². The average molecular weight is 397 g/mol. The van der Waals surface area contributed by atoms with E-state index >= 15 is 0 Å². The maximum Gasteiger partial charge on any atom is 0.255 e. The van der Waals surface area contributed by atoms with Crippen LogP contribution in [0.15, 0.2) is 85.2 Å². The van der Waals surface area contributed by atoms with Gasteiger partial charge in [0.15, 0.2) is 0 Å². The molecule has 1 amide bonds. The summed E-state index contributed by atoms with van der Waals surface area (Å²) in [5.74, 6) is 0.658. The number of nitrogens with zero attached hydrogens (tertiary/aromatic N) is 4. The molecule has 30 heavy (non-hydrogen) atoms. The Hall–Kier alpha value is -3.93. The van der Waals surface area contributed by atoms with Crippen LogP contribution in [0.5, 0.6) is 0 Å². The fourth-order valence-electron chi connectivity index (χ4n) is 3.30. The minimum Gasteiger partial charge on any atom is -0.362 e. The lowest BCUT2D eigenvalue weighted by molar-refractivity contribution is 0.0951. The highest BCUT2D eigenvalue weighted by Gasteiger charge is 2.19. The minimum absolute atomic E-state index is 0.176. The summed E-state index contributed by atoms with van der Waals surface area (Å²) in [5.41, 5.74) is 3.92. The van der Waals surface area contributed by atoms with Crippen molar-refractivity contribution in [3.8, 4) is 16.9 Å². The van der Waals surface area contributed by atoms with Gasteiger partial charge in [0.05, 0.1) is 11.3 Å². The Bertz CT molecular complexity index is 1140. The maximum absolute atomic E-state index is 13.1. The molecular formula is C24H23N5O. The first-order chi connectivity index (χ1) is 14.6. The molecule has 0 aliphatic heterocycles. The second-order valence-corrected chi connectivity index (χ2v) is 7.10. The van der Waals surface area contributed by atoms with Gasteiger partial charge < -0.3 is 10.2 Å². The third-order valence-corrected chi connectivity index (χ3v) is 4.76. The van der Waals surface area contributed by atoms with E-state index in [0.29, 0.717) is 17.8 Å². The fourth-order valence-corrected chi connectivity index (χ4v) is 3.30. The van der Waals surface area contributed by atoms with Gasteiger partial charge in [-0.15, -0.1) is 0 Å². The van der Waals surface area contributed by atoms with Crippen LogP contribution in [-0.2, 0) is 6.54 Å². The smallest absolute Gasteiger partial charge is 0.255 e. The highest BCUT2D eigenvalue weighted by atomic mass is 16.1. The molecular weight excluding hydrogens is 374 g/mol. The summed E-state index contributed by atoms with van der Waals surface area (Å²) in [6.07, 6.45) is 3.53. The van der Waals surface area contributed by atoms with Crippen molar-refractivity contribution in [1.82, 2.24) is 20.1 Å². The highest BCUT2D eigenvalue weighted by molar-refractivity contribution is 6.00. The van der Waals surface area contributed by atoms with Gasteiger partial charge in [-0.25, -0.2) is 9.67 Å². The summed E-state index contributed by atoms with van der Waals surface area (Å²) in [5, 5.41) is 7.73. The Morgan fingerprint density at radius 3 is 2.37 bits per heavy atom. The van der Waals surface area contributed by atoms with Crippen molar-refractivity contribution in [1.29, 1.82) is 0 Å². The van der Waals surface area contributed by atoms with Gasteiger partial charge in [0.1, 0.15) is 11.5 Å². The zero-order chi connectivity index (χ0) is 20.9. The molecule has 0 radical (unpaired) electrons. The average Bonchev–Trinajstić information content (AvgIpc) is 3.24. The fraction of sp³-hybridized carbons (Fsp3) is 0.125. The molecule has 4 rings (SSSR count). The van der Waals surface area contributed by atoms with Crippen LogP contribution in [0, 0.1) is 0 Å². The molecule has 2 heterocycles. The van der Waals surface area contributed by atoms with Gasteiger partial charge in [0.25, 0.3) is 5.91 Å². The van der Waals surface area contributed by atoms with E-state index < -0.39 is 0 Å². The number of amides is 1. The Kier molecular flexibility index (Phi) is 5.57. The van der Waals surface area contributed by atoms with Crippen molar-refractivity contribution in [2.75, 3.05) is 19.0 Å². The van der Waals surface area contributed by atoms with Crippen molar-refractivity contribution >= 4 is 11.7 Å². The monoisotopic (exact) mass is 397 g/mol. The minimum atomic E-state index is -0.176. The molecule has 1 N–H and O–H groups in total. The normalized spacial score (nSPS) is 10.6. The number of hydrogen-bond acceptors (Lipinski definition) is 4. The van der Waals surface area contributed by atoms with Gasteiger partial charge in [-0.3, -0.25) is 4.79 Å². The summed E-state index contributed by atoms with van der Waals surface area (Å²) < 4.78 is 1.74. The molecule has 2 aromatic carbocycles. The van der Waals surface area contributed by atoms with Gasteiger partial charge >= 0.3 is 0 Å². The van der Waals surface area contributed by atoms with Gasteiger partial charge in [0, 0.05) is 44.2 Å². The summed E-state index contributed by atoms with van der Waals surface area (Å²) in [6.45, 7) is 0.380. The molecule has 0 saturated heterocycles. The number of para-hydroxylation sites is 1. The quantitative estimate of drug-likeness (QED) is 0.535. The number of carbonyl (C=O) groups is 1. The Labute approximate surface area is 175 Å². The number of pyridine rings is 1. The van der Waals surface area contributed by atoms with Crippen LogP contribution in [0.2, 0.25) is 0 Å². The van der Waals surface area contributed by atoms with E-state index in [0.717, 1.165) is 22.6 Å². The van der Waals surface area contributed by atoms with Crippen molar-refractivity contribution in [3.63, 3.8) is 0 Å². The van der Waals surface area contributed by atoms with Crippen LogP contribution in [0.25, 0.3) is 16.9 Å². The van der Waals surface area contributed by atoms with Crippen LogP contribution in [0.4, 0.5) is 5.82 Å². The van der Waals surface area contributed by atoms with Crippen LogP contribution in [0.3, 0.4) is 0 Å². The maximum atomic E-state index is 13.1. The first kappa shape index (κ1) is 19.4. The zero-order valence-corrected chi connectivity index (χ0v) is 17.0. The summed E-state index contributed by atoms with van der Waals surface area (Å²) >= 11 is 0. The van der Waals surface area contributed by atoms with Gasteiger partial charge in [-0.1, -0.05) is 54.6 Å². The molecule has 0 saturated carbocycles. The first-order valence-electron chi connectivity index (χ1n) is 9.73. The predicted octanol–water partition coefficient (Wildman–Crippen LogP) is 3.93. The lowest BCUT2D eigenvalue weighted by Gasteiger charge is -2.16. The number of rotatable bonds is 6. The van der Waals surface area contributed by atoms with E-state index in [1.54, 1.807) is 17.1 Å². The molecule has 150 valence electrons. The SMILES string of the molecule is CN(C)c1ncccc1CNC(=O)c1cn(-c2ccccc2)nc1-c1ccccc1. The summed E-state index contributed by atoms with van der Waals surface area (Å²) in [4.78, 5) is 19.5. The van der Waals surface area contributed by atoms with E-state index in [9.17, 15) is 4.79 Å². The molecule has 0 aliphatic rings. The number of hydrogen-bond donors (Lipinski definition) is 1. The standard InChI is InChI=1S/C24H23N5O/c1-28(2)23-19(12-9-15-25-23)16-26-24(30)21-17-29(20-13-7-4-8-14-20)27-22(21)18-10-5-3-6-11-18/h3-15,17H,16H2,1-2H3,(H,26,30). The predicted molar refractivity (Wildman–Crippen MR) is 119 cm³/mol. The second-order valence-electron chi connectivity index (χ2n) is 7.10. The van der Waals surface area contributed by atoms with Gasteiger partial charge in [-0.2, -0.15) is 5.10 Å². The third kappa shape index (κ3) is 4.07. The van der Waals surface area contributed by atoms with Crippen LogP contribution in [0.1, 0.15) is 15.9 Å². The largest absolute Gasteiger partial charge is 0.362 e. The zero-order valence-electron chi connectivity index (χ0n) is 17.0. The van der Waals surface area contributed by atoms with E-state index in [2.05, 4.69) is 10.3 Å². The number of nitrogens with one attached hydrogen (secondary N) is 1. The van der Waals surface area contributed by atoms with E-state index in [1.807, 2.05) is 91.8 Å². The van der Waals surface area contributed by atoms with Crippen molar-refractivity contribution in [3.05, 3.63) is 96.3 Å². The topological polar surface area (TPSA) is 63.1 Å². The summed E-state index contributed by atoms with van der Waals surface area (Å²) in [7, 11) is 3.87. The number of aromatic nitrogens is 3. The Morgan fingerprint density at radius 1 is 0.967 bits per heavy atom. The molecule has 0 aliphatic carbocycles. The molecule has 0 fully saturated rings. The number of carbonyl (C=O) groups excluding carboxylic acids is 1. The second kappa shape index (κ2) is 8.61. The third-order valence-electron chi connectivity index (χ3n) is 4.76. The molecule has 0 unspecified atom stereocenters. The number of benzene rings is 2. The van der Waals surface area contributed by atoms with Crippen LogP contribution in [-0.4, -0.2) is 34.8 Å². The van der Waals surface area contributed by atoms with Crippen molar-refractivity contribution in [2.45, 2.75) is 6.54 Å². The van der Waals surface area contributed by atoms with Crippen LogP contribution < -0.4 is 10.2 Å². The molecule has 4 aromatic rings. The van der Waals surface area contributed by atoms with E-state index in [-0.39, 0.29) is 5.91 Å². The van der Waals surface area contributed by atoms with Gasteiger partial charge in [-0.05, 0) is 18.2 Å². The van der Waals surface area contributed by atoms with Crippen molar-refractivity contribution < 1.29 is 4.79 Å². The highest BCUT2D eigenvalue weighted by Crippen LogP contribution is 2.24. The van der Waals surface area contributed by atoms with Crippen LogP contribution >= 0.6 is 0 Å². The molecule has 0 bridgehead atoms. The lowest BCUT2D eigenvalue weighted by Crippen LogP contribution is -2.24. The molecule has 6 nitrogen and oxygen atoms in total. The lowest BCUT2D eigenvalue weighted by atomic mass is 10.1. The Balaban J connectivity index is 1.66. The molecule has 6 heteroatoms. The van der Waals surface area contributed by atoms with Crippen molar-refractivity contribution in [2.24, 2.45) is 0 Å².